The predicted octanol–water partition coefficient (Wildman–Crippen LogP) is 3.02. The quantitative estimate of drug-likeness (QED) is 0.754. The van der Waals surface area contributed by atoms with Gasteiger partial charge in [0.15, 0.2) is 5.82 Å². The average Bonchev–Trinajstić information content (AvgIpc) is 2.83. The van der Waals surface area contributed by atoms with Gasteiger partial charge in [-0.25, -0.2) is 4.98 Å². The Balaban J connectivity index is 1.95. The van der Waals surface area contributed by atoms with Crippen LogP contribution in [0.15, 0.2) is 36.5 Å². The Labute approximate surface area is 110 Å². The van der Waals surface area contributed by atoms with Crippen LogP contribution in [0.2, 0.25) is 0 Å². The zero-order chi connectivity index (χ0) is 13.2. The minimum absolute atomic E-state index is 0.757. The maximum atomic E-state index is 5.23. The van der Waals surface area contributed by atoms with Crippen molar-refractivity contribution < 1.29 is 4.74 Å². The molecular formula is C14H14N4O. The molecule has 5 nitrogen and oxygen atoms in total. The predicted molar refractivity (Wildman–Crippen MR) is 74.9 cm³/mol. The van der Waals surface area contributed by atoms with Crippen molar-refractivity contribution in [2.75, 3.05) is 12.4 Å². The van der Waals surface area contributed by atoms with Crippen molar-refractivity contribution in [3.8, 4) is 5.75 Å². The molecule has 0 aliphatic carbocycles. The van der Waals surface area contributed by atoms with Crippen LogP contribution in [-0.4, -0.2) is 22.3 Å². The highest BCUT2D eigenvalue weighted by molar-refractivity contribution is 5.85. The molecule has 3 rings (SSSR count). The second-order valence-corrected chi connectivity index (χ2v) is 4.34. The number of aromatic nitrogens is 3. The minimum atomic E-state index is 0.757. The summed E-state index contributed by atoms with van der Waals surface area (Å²) in [6.07, 6.45) is 1.83. The lowest BCUT2D eigenvalue weighted by molar-refractivity contribution is 0.415. The molecule has 0 radical (unpaired) electrons. The largest absolute Gasteiger partial charge is 0.497 e. The van der Waals surface area contributed by atoms with Crippen LogP contribution in [0, 0.1) is 6.92 Å². The van der Waals surface area contributed by atoms with Gasteiger partial charge in [-0.1, -0.05) is 0 Å². The van der Waals surface area contributed by atoms with Gasteiger partial charge < -0.3 is 10.1 Å². The van der Waals surface area contributed by atoms with E-state index in [1.807, 2.05) is 43.5 Å². The summed E-state index contributed by atoms with van der Waals surface area (Å²) in [4.78, 5) is 4.36. The van der Waals surface area contributed by atoms with Gasteiger partial charge in [-0.2, -0.15) is 5.10 Å². The smallest absolute Gasteiger partial charge is 0.153 e. The summed E-state index contributed by atoms with van der Waals surface area (Å²) >= 11 is 0. The molecule has 0 fully saturated rings. The fourth-order valence-corrected chi connectivity index (χ4v) is 1.93. The van der Waals surface area contributed by atoms with E-state index in [1.54, 1.807) is 7.11 Å². The van der Waals surface area contributed by atoms with Crippen molar-refractivity contribution in [2.24, 2.45) is 0 Å². The summed E-state index contributed by atoms with van der Waals surface area (Å²) in [5, 5.41) is 12.3. The van der Waals surface area contributed by atoms with Gasteiger partial charge in [-0.3, -0.25) is 5.10 Å². The highest BCUT2D eigenvalue weighted by atomic mass is 16.5. The average molecular weight is 254 g/mol. The Morgan fingerprint density at radius 3 is 2.74 bits per heavy atom. The topological polar surface area (TPSA) is 62.8 Å². The lowest BCUT2D eigenvalue weighted by atomic mass is 10.1. The number of anilines is 2. The van der Waals surface area contributed by atoms with Crippen LogP contribution in [0.3, 0.4) is 0 Å². The number of aryl methyl sites for hydroxylation is 1. The third-order valence-electron chi connectivity index (χ3n) is 2.89. The van der Waals surface area contributed by atoms with Crippen molar-refractivity contribution in [1.82, 2.24) is 15.2 Å². The van der Waals surface area contributed by atoms with Crippen molar-refractivity contribution in [3.05, 3.63) is 42.2 Å². The molecular weight excluding hydrogens is 240 g/mol. The third-order valence-corrected chi connectivity index (χ3v) is 2.89. The molecule has 2 N–H and O–H groups in total. The van der Waals surface area contributed by atoms with Crippen molar-refractivity contribution in [3.63, 3.8) is 0 Å². The number of rotatable bonds is 3. The van der Waals surface area contributed by atoms with Gasteiger partial charge in [0, 0.05) is 23.3 Å². The van der Waals surface area contributed by atoms with E-state index in [2.05, 4.69) is 20.5 Å². The number of fused-ring (bicyclic) bond motifs is 1. The molecule has 2 aromatic heterocycles. The van der Waals surface area contributed by atoms with E-state index in [-0.39, 0.29) is 0 Å². The van der Waals surface area contributed by atoms with Crippen LogP contribution < -0.4 is 10.1 Å². The molecule has 0 aliphatic heterocycles. The first kappa shape index (κ1) is 11.5. The van der Waals surface area contributed by atoms with Crippen LogP contribution in [0.1, 0.15) is 5.69 Å². The molecule has 2 heterocycles. The molecule has 0 atom stereocenters. The van der Waals surface area contributed by atoms with E-state index in [4.69, 9.17) is 4.74 Å². The first-order chi connectivity index (χ1) is 9.24. The maximum absolute atomic E-state index is 5.23. The van der Waals surface area contributed by atoms with Gasteiger partial charge in [-0.15, -0.1) is 0 Å². The molecule has 0 saturated carbocycles. The zero-order valence-electron chi connectivity index (χ0n) is 10.8. The Bertz CT molecular complexity index is 720. The number of benzene rings is 1. The molecule has 0 bridgehead atoms. The molecule has 96 valence electrons. The zero-order valence-corrected chi connectivity index (χ0v) is 10.8. The van der Waals surface area contributed by atoms with Crippen LogP contribution in [0.5, 0.6) is 5.75 Å². The lowest BCUT2D eigenvalue weighted by Crippen LogP contribution is -1.93. The summed E-state index contributed by atoms with van der Waals surface area (Å²) in [6, 6.07) is 9.80. The fourth-order valence-electron chi connectivity index (χ4n) is 1.93. The molecule has 0 saturated heterocycles. The summed E-state index contributed by atoms with van der Waals surface area (Å²) in [5.74, 6) is 2.35. The van der Waals surface area contributed by atoms with Crippen molar-refractivity contribution in [2.45, 2.75) is 6.92 Å². The number of hydrogen-bond donors (Lipinski definition) is 2. The highest BCUT2D eigenvalue weighted by Crippen LogP contribution is 2.23. The fraction of sp³-hybridized carbons (Fsp3) is 0.143. The Kier molecular flexibility index (Phi) is 2.79. The van der Waals surface area contributed by atoms with Gasteiger partial charge in [0.25, 0.3) is 0 Å². The number of nitrogens with zero attached hydrogens (tertiary/aromatic N) is 2. The molecule has 19 heavy (non-hydrogen) atoms. The van der Waals surface area contributed by atoms with E-state index in [1.165, 1.54) is 0 Å². The summed E-state index contributed by atoms with van der Waals surface area (Å²) in [6.45, 7) is 1.96. The molecule has 0 spiro atoms. The van der Waals surface area contributed by atoms with E-state index in [0.717, 1.165) is 33.9 Å². The molecule has 0 aliphatic rings. The molecule has 3 aromatic rings. The van der Waals surface area contributed by atoms with Gasteiger partial charge in [0.2, 0.25) is 0 Å². The molecule has 5 heteroatoms. The van der Waals surface area contributed by atoms with Gasteiger partial charge in [-0.05, 0) is 36.6 Å². The SMILES string of the molecule is COc1ccc2cnc(Nc3cc(C)[nH]n3)cc2c1. The molecule has 1 aromatic carbocycles. The minimum Gasteiger partial charge on any atom is -0.497 e. The van der Waals surface area contributed by atoms with Crippen LogP contribution >= 0.6 is 0 Å². The second kappa shape index (κ2) is 4.61. The standard InChI is InChI=1S/C14H14N4O/c1-9-5-14(18-17-9)16-13-7-11-6-12(19-2)4-3-10(11)8-15-13/h3-8H,1-2H3,(H2,15,16,17,18). The normalized spacial score (nSPS) is 10.6. The number of methoxy groups -OCH3 is 1. The van der Waals surface area contributed by atoms with Crippen molar-refractivity contribution in [1.29, 1.82) is 0 Å². The van der Waals surface area contributed by atoms with Gasteiger partial charge in [0.05, 0.1) is 7.11 Å². The van der Waals surface area contributed by atoms with Crippen molar-refractivity contribution >= 4 is 22.4 Å². The first-order valence-electron chi connectivity index (χ1n) is 5.97. The Hall–Kier alpha value is -2.56. The number of H-pyrrole nitrogens is 1. The third kappa shape index (κ3) is 2.35. The van der Waals surface area contributed by atoms with E-state index in [9.17, 15) is 0 Å². The number of nitrogens with one attached hydrogen (secondary N) is 2. The van der Waals surface area contributed by atoms with Crippen LogP contribution in [-0.2, 0) is 0 Å². The molecule has 0 unspecified atom stereocenters. The van der Waals surface area contributed by atoms with Gasteiger partial charge >= 0.3 is 0 Å². The van der Waals surface area contributed by atoms with Gasteiger partial charge in [0.1, 0.15) is 11.6 Å². The number of pyridine rings is 1. The summed E-state index contributed by atoms with van der Waals surface area (Å²) < 4.78 is 5.23. The van der Waals surface area contributed by atoms with E-state index < -0.39 is 0 Å². The number of hydrogen-bond acceptors (Lipinski definition) is 4. The summed E-state index contributed by atoms with van der Waals surface area (Å²) in [5.41, 5.74) is 1.00. The lowest BCUT2D eigenvalue weighted by Gasteiger charge is -2.05. The Morgan fingerprint density at radius 1 is 1.11 bits per heavy atom. The first-order valence-corrected chi connectivity index (χ1v) is 5.97. The maximum Gasteiger partial charge on any atom is 0.153 e. The van der Waals surface area contributed by atoms with E-state index in [0.29, 0.717) is 0 Å². The second-order valence-electron chi connectivity index (χ2n) is 4.34. The number of aromatic amines is 1. The summed E-state index contributed by atoms with van der Waals surface area (Å²) in [7, 11) is 1.66. The van der Waals surface area contributed by atoms with Crippen LogP contribution in [0.4, 0.5) is 11.6 Å². The molecule has 0 amide bonds. The van der Waals surface area contributed by atoms with Crippen LogP contribution in [0.25, 0.3) is 10.8 Å². The van der Waals surface area contributed by atoms with E-state index >= 15 is 0 Å². The monoisotopic (exact) mass is 254 g/mol. The highest BCUT2D eigenvalue weighted by Gasteiger charge is 2.02. The number of ether oxygens (including phenoxy) is 1. The Morgan fingerprint density at radius 2 is 2.00 bits per heavy atom.